The summed E-state index contributed by atoms with van der Waals surface area (Å²) in [6.45, 7) is 6.25. The summed E-state index contributed by atoms with van der Waals surface area (Å²) < 4.78 is 37.8. The molecule has 1 fully saturated rings. The first-order chi connectivity index (χ1) is 10.00. The third-order valence-corrected chi connectivity index (χ3v) is 4.41. The largest absolute Gasteiger partial charge is 0.465 e. The molecule has 0 radical (unpaired) electrons. The number of amides is 1. The molecule has 124 valence electrons. The monoisotopic (exact) mass is 337 g/mol. The molecule has 1 aromatic rings. The fraction of sp³-hybridized carbons (Fsp3) is 0.692. The van der Waals surface area contributed by atoms with Crippen LogP contribution in [0.4, 0.5) is 23.1 Å². The molecule has 1 aliphatic rings. The quantitative estimate of drug-likeness (QED) is 0.897. The molecule has 0 aromatic carbocycles. The maximum atomic E-state index is 12.6. The second kappa shape index (κ2) is 5.60. The van der Waals surface area contributed by atoms with Gasteiger partial charge in [-0.3, -0.25) is 4.90 Å². The SMILES string of the molecule is CC(C)(C)N(C(=O)O)C1CCN(c2nc(C(F)(F)F)cs2)C1. The summed E-state index contributed by atoms with van der Waals surface area (Å²) in [6, 6.07) is -0.254. The molecule has 0 saturated carbocycles. The second-order valence-corrected chi connectivity index (χ2v) is 7.06. The maximum Gasteiger partial charge on any atom is 0.434 e. The summed E-state index contributed by atoms with van der Waals surface area (Å²) in [7, 11) is 0. The molecule has 9 heteroatoms. The number of alkyl halides is 3. The molecule has 2 rings (SSSR count). The molecule has 0 aliphatic carbocycles. The molecular formula is C13H18F3N3O2S. The van der Waals surface area contributed by atoms with Crippen molar-refractivity contribution in [2.45, 2.75) is 44.9 Å². The summed E-state index contributed by atoms with van der Waals surface area (Å²) in [5.74, 6) is 0. The number of anilines is 1. The highest BCUT2D eigenvalue weighted by Crippen LogP contribution is 2.35. The van der Waals surface area contributed by atoms with E-state index in [1.165, 1.54) is 4.90 Å². The van der Waals surface area contributed by atoms with E-state index in [0.717, 1.165) is 16.7 Å². The normalized spacial score (nSPS) is 19.5. The molecule has 1 aromatic heterocycles. The number of carbonyl (C=O) groups is 1. The number of hydrogen-bond donors (Lipinski definition) is 1. The smallest absolute Gasteiger partial charge is 0.434 e. The Morgan fingerprint density at radius 3 is 2.55 bits per heavy atom. The van der Waals surface area contributed by atoms with Gasteiger partial charge in [-0.15, -0.1) is 11.3 Å². The van der Waals surface area contributed by atoms with Crippen LogP contribution >= 0.6 is 11.3 Å². The third kappa shape index (κ3) is 3.45. The molecule has 2 heterocycles. The van der Waals surface area contributed by atoms with Gasteiger partial charge in [-0.05, 0) is 27.2 Å². The Kier molecular flexibility index (Phi) is 4.29. The minimum Gasteiger partial charge on any atom is -0.465 e. The Morgan fingerprint density at radius 1 is 1.45 bits per heavy atom. The van der Waals surface area contributed by atoms with Gasteiger partial charge in [0, 0.05) is 24.0 Å². The summed E-state index contributed by atoms with van der Waals surface area (Å²) >= 11 is 0.932. The van der Waals surface area contributed by atoms with Crippen molar-refractivity contribution in [2.75, 3.05) is 18.0 Å². The zero-order chi connectivity index (χ0) is 16.7. The van der Waals surface area contributed by atoms with Gasteiger partial charge in [0.2, 0.25) is 0 Å². The van der Waals surface area contributed by atoms with Gasteiger partial charge >= 0.3 is 12.3 Å². The number of thiazole rings is 1. The highest BCUT2D eigenvalue weighted by molar-refractivity contribution is 7.13. The number of aromatic nitrogens is 1. The van der Waals surface area contributed by atoms with Crippen LogP contribution < -0.4 is 4.90 Å². The van der Waals surface area contributed by atoms with E-state index in [2.05, 4.69) is 4.98 Å². The minimum absolute atomic E-state index is 0.254. The fourth-order valence-corrected chi connectivity index (χ4v) is 3.53. The van der Waals surface area contributed by atoms with Crippen molar-refractivity contribution in [2.24, 2.45) is 0 Å². The molecule has 0 spiro atoms. The lowest BCUT2D eigenvalue weighted by Gasteiger charge is -2.37. The van der Waals surface area contributed by atoms with Crippen molar-refractivity contribution in [1.82, 2.24) is 9.88 Å². The topological polar surface area (TPSA) is 56.7 Å². The van der Waals surface area contributed by atoms with Crippen molar-refractivity contribution in [1.29, 1.82) is 0 Å². The average Bonchev–Trinajstić information content (AvgIpc) is 2.91. The van der Waals surface area contributed by atoms with Crippen LogP contribution in [-0.4, -0.2) is 45.8 Å². The van der Waals surface area contributed by atoms with Crippen molar-refractivity contribution >= 4 is 22.6 Å². The molecule has 1 amide bonds. The van der Waals surface area contributed by atoms with Crippen LogP contribution in [0.25, 0.3) is 0 Å². The maximum absolute atomic E-state index is 12.6. The first kappa shape index (κ1) is 16.9. The summed E-state index contributed by atoms with van der Waals surface area (Å²) in [5.41, 5.74) is -1.46. The van der Waals surface area contributed by atoms with E-state index in [1.54, 1.807) is 25.7 Å². The Balaban J connectivity index is 2.12. The van der Waals surface area contributed by atoms with Crippen molar-refractivity contribution in [3.05, 3.63) is 11.1 Å². The van der Waals surface area contributed by atoms with E-state index in [0.29, 0.717) is 19.5 Å². The number of nitrogens with zero attached hydrogens (tertiary/aromatic N) is 3. The predicted molar refractivity (Wildman–Crippen MR) is 77.4 cm³/mol. The molecule has 1 unspecified atom stereocenters. The van der Waals surface area contributed by atoms with Crippen LogP contribution in [0.1, 0.15) is 32.9 Å². The van der Waals surface area contributed by atoms with Crippen LogP contribution in [-0.2, 0) is 6.18 Å². The zero-order valence-electron chi connectivity index (χ0n) is 12.5. The number of hydrogen-bond acceptors (Lipinski definition) is 4. The lowest BCUT2D eigenvalue weighted by molar-refractivity contribution is -0.140. The van der Waals surface area contributed by atoms with Gasteiger partial charge in [0.25, 0.3) is 0 Å². The lowest BCUT2D eigenvalue weighted by Crippen LogP contribution is -2.52. The van der Waals surface area contributed by atoms with Crippen LogP contribution in [0.3, 0.4) is 0 Å². The Morgan fingerprint density at radius 2 is 2.09 bits per heavy atom. The van der Waals surface area contributed by atoms with E-state index in [9.17, 15) is 23.1 Å². The molecule has 1 N–H and O–H groups in total. The average molecular weight is 337 g/mol. The first-order valence-corrected chi connectivity index (χ1v) is 7.68. The minimum atomic E-state index is -4.45. The van der Waals surface area contributed by atoms with Crippen molar-refractivity contribution < 1.29 is 23.1 Å². The Hall–Kier alpha value is -1.51. The van der Waals surface area contributed by atoms with E-state index in [1.807, 2.05) is 0 Å². The number of halogens is 3. The lowest BCUT2D eigenvalue weighted by atomic mass is 10.0. The number of carboxylic acid groups (broad SMARTS) is 1. The number of rotatable bonds is 2. The Labute approximate surface area is 130 Å². The predicted octanol–water partition coefficient (Wildman–Crippen LogP) is 3.52. The van der Waals surface area contributed by atoms with Gasteiger partial charge in [0.15, 0.2) is 10.8 Å². The fourth-order valence-electron chi connectivity index (χ4n) is 2.66. The van der Waals surface area contributed by atoms with Crippen LogP contribution in [0.15, 0.2) is 5.38 Å². The van der Waals surface area contributed by atoms with Crippen LogP contribution in [0, 0.1) is 0 Å². The summed E-state index contributed by atoms with van der Waals surface area (Å²) in [4.78, 5) is 18.2. The van der Waals surface area contributed by atoms with Gasteiger partial charge in [0.05, 0.1) is 6.04 Å². The van der Waals surface area contributed by atoms with Crippen molar-refractivity contribution in [3.63, 3.8) is 0 Å². The van der Waals surface area contributed by atoms with Crippen molar-refractivity contribution in [3.8, 4) is 0 Å². The molecule has 1 atom stereocenters. The highest BCUT2D eigenvalue weighted by Gasteiger charge is 2.39. The van der Waals surface area contributed by atoms with E-state index >= 15 is 0 Å². The summed E-state index contributed by atoms with van der Waals surface area (Å²) in [5, 5.41) is 10.7. The van der Waals surface area contributed by atoms with Gasteiger partial charge in [0.1, 0.15) is 0 Å². The molecule has 0 bridgehead atoms. The molecule has 5 nitrogen and oxygen atoms in total. The van der Waals surface area contributed by atoms with Gasteiger partial charge in [-0.2, -0.15) is 13.2 Å². The molecular weight excluding hydrogens is 319 g/mol. The highest BCUT2D eigenvalue weighted by atomic mass is 32.1. The van der Waals surface area contributed by atoms with Crippen LogP contribution in [0.5, 0.6) is 0 Å². The summed E-state index contributed by atoms with van der Waals surface area (Å²) in [6.07, 6.45) is -4.90. The van der Waals surface area contributed by atoms with E-state index in [-0.39, 0.29) is 11.2 Å². The van der Waals surface area contributed by atoms with Gasteiger partial charge < -0.3 is 10.0 Å². The molecule has 1 saturated heterocycles. The van der Waals surface area contributed by atoms with E-state index in [4.69, 9.17) is 0 Å². The first-order valence-electron chi connectivity index (χ1n) is 6.80. The molecule has 22 heavy (non-hydrogen) atoms. The van der Waals surface area contributed by atoms with E-state index < -0.39 is 23.5 Å². The van der Waals surface area contributed by atoms with Gasteiger partial charge in [-0.25, -0.2) is 9.78 Å². The zero-order valence-corrected chi connectivity index (χ0v) is 13.3. The van der Waals surface area contributed by atoms with Crippen LogP contribution in [0.2, 0.25) is 0 Å². The van der Waals surface area contributed by atoms with Gasteiger partial charge in [-0.1, -0.05) is 0 Å². The molecule has 1 aliphatic heterocycles. The Bertz CT molecular complexity index is 553. The third-order valence-electron chi connectivity index (χ3n) is 3.51. The standard InChI is InChI=1S/C13H18F3N3O2S/c1-12(2,3)19(11(20)21)8-4-5-18(6-8)10-17-9(7-22-10)13(14,15)16/h7-8H,4-6H2,1-3H3,(H,20,21). The second-order valence-electron chi connectivity index (χ2n) is 6.22.